The van der Waals surface area contributed by atoms with E-state index in [2.05, 4.69) is 20.5 Å². The lowest BCUT2D eigenvalue weighted by Crippen LogP contribution is -1.95. The highest BCUT2D eigenvalue weighted by Crippen LogP contribution is 2.49. The van der Waals surface area contributed by atoms with Gasteiger partial charge in [0.15, 0.2) is 5.82 Å². The van der Waals surface area contributed by atoms with Gasteiger partial charge in [0.25, 0.3) is 5.69 Å². The number of fused-ring (bicyclic) bond motifs is 1. The van der Waals surface area contributed by atoms with Gasteiger partial charge >= 0.3 is 0 Å². The molecule has 0 bridgehead atoms. The van der Waals surface area contributed by atoms with Crippen molar-refractivity contribution in [1.29, 1.82) is 0 Å². The highest BCUT2D eigenvalue weighted by Gasteiger charge is 2.22. The Balaban J connectivity index is 1.63. The Morgan fingerprint density at radius 1 is 1.03 bits per heavy atom. The molecule has 0 fully saturated rings. The van der Waals surface area contributed by atoms with Gasteiger partial charge in [0.1, 0.15) is 11.2 Å². The molecule has 0 saturated heterocycles. The van der Waals surface area contributed by atoms with Crippen LogP contribution in [0.3, 0.4) is 0 Å². The number of benzene rings is 2. The zero-order valence-electron chi connectivity index (χ0n) is 16.9. The summed E-state index contributed by atoms with van der Waals surface area (Å²) in [4.78, 5) is 22.5. The van der Waals surface area contributed by atoms with E-state index in [0.717, 1.165) is 30.4 Å². The molecule has 0 aliphatic rings. The van der Waals surface area contributed by atoms with E-state index in [-0.39, 0.29) is 10.6 Å². The molecule has 3 aromatic heterocycles. The van der Waals surface area contributed by atoms with Crippen molar-refractivity contribution in [2.75, 3.05) is 5.43 Å². The van der Waals surface area contributed by atoms with Gasteiger partial charge in [-0.05, 0) is 23.1 Å². The molecule has 3 heterocycles. The Morgan fingerprint density at radius 3 is 2.64 bits per heavy atom. The summed E-state index contributed by atoms with van der Waals surface area (Å²) < 4.78 is 0.899. The number of hydrogen-bond donors (Lipinski definition) is 1. The maximum Gasteiger partial charge on any atom is 0.283 e. The van der Waals surface area contributed by atoms with Gasteiger partial charge in [-0.25, -0.2) is 9.97 Å². The van der Waals surface area contributed by atoms with Crippen LogP contribution in [0.1, 0.15) is 4.88 Å². The van der Waals surface area contributed by atoms with Crippen LogP contribution in [0, 0.1) is 10.1 Å². The van der Waals surface area contributed by atoms with E-state index < -0.39 is 0 Å². The van der Waals surface area contributed by atoms with Gasteiger partial charge in [0.05, 0.1) is 25.6 Å². The minimum Gasteiger partial charge on any atom is -0.261 e. The number of nitrogens with one attached hydrogen (secondary N) is 1. The standard InChI is InChI=1S/C23H15N5O2S3/c29-28(30)17-10-4-5-11-18(17)32-23-19(15-7-2-1-3-8-15)20-21(24-14-25-22(20)33-23)27-26-13-16-9-6-12-31-16/h1-14H,(H,24,25,27)/b26-13+. The van der Waals surface area contributed by atoms with Crippen LogP contribution in [-0.4, -0.2) is 21.1 Å². The molecule has 0 spiro atoms. The summed E-state index contributed by atoms with van der Waals surface area (Å²) in [5, 5.41) is 18.7. The molecule has 2 aromatic carbocycles. The number of rotatable bonds is 7. The Labute approximate surface area is 201 Å². The van der Waals surface area contributed by atoms with Crippen molar-refractivity contribution < 1.29 is 4.92 Å². The van der Waals surface area contributed by atoms with Gasteiger partial charge in [-0.2, -0.15) is 5.10 Å². The number of nitro benzene ring substituents is 1. The van der Waals surface area contributed by atoms with Crippen LogP contribution < -0.4 is 5.43 Å². The van der Waals surface area contributed by atoms with E-state index in [0.29, 0.717) is 10.7 Å². The summed E-state index contributed by atoms with van der Waals surface area (Å²) in [7, 11) is 0. The molecular weight excluding hydrogens is 474 g/mol. The predicted octanol–water partition coefficient (Wildman–Crippen LogP) is 6.93. The topological polar surface area (TPSA) is 93.3 Å². The lowest BCUT2D eigenvalue weighted by Gasteiger charge is -2.07. The average molecular weight is 490 g/mol. The molecule has 0 radical (unpaired) electrons. The fourth-order valence-electron chi connectivity index (χ4n) is 3.25. The number of aromatic nitrogens is 2. The van der Waals surface area contributed by atoms with Crippen molar-refractivity contribution in [2.24, 2.45) is 5.10 Å². The molecule has 0 saturated carbocycles. The largest absolute Gasteiger partial charge is 0.283 e. The first kappa shape index (κ1) is 21.3. The zero-order valence-corrected chi connectivity index (χ0v) is 19.4. The quantitative estimate of drug-likeness (QED) is 0.151. The van der Waals surface area contributed by atoms with Crippen LogP contribution in [0.2, 0.25) is 0 Å². The van der Waals surface area contributed by atoms with Crippen LogP contribution in [-0.2, 0) is 0 Å². The Bertz CT molecular complexity index is 1450. The molecule has 0 unspecified atom stereocenters. The number of nitrogens with zero attached hydrogens (tertiary/aromatic N) is 4. The molecule has 5 aromatic rings. The lowest BCUT2D eigenvalue weighted by molar-refractivity contribution is -0.387. The summed E-state index contributed by atoms with van der Waals surface area (Å²) in [6.45, 7) is 0. The monoisotopic (exact) mass is 489 g/mol. The highest BCUT2D eigenvalue weighted by molar-refractivity contribution is 8.01. The van der Waals surface area contributed by atoms with E-state index in [1.54, 1.807) is 35.8 Å². The van der Waals surface area contributed by atoms with Crippen molar-refractivity contribution in [3.63, 3.8) is 0 Å². The maximum atomic E-state index is 11.6. The molecule has 0 aliphatic heterocycles. The fourth-order valence-corrected chi connectivity index (χ4v) is 6.32. The predicted molar refractivity (Wildman–Crippen MR) is 136 cm³/mol. The number of nitro groups is 1. The van der Waals surface area contributed by atoms with E-state index >= 15 is 0 Å². The fraction of sp³-hybridized carbons (Fsp3) is 0. The first-order valence-corrected chi connectivity index (χ1v) is 12.3. The third-order valence-electron chi connectivity index (χ3n) is 4.69. The summed E-state index contributed by atoms with van der Waals surface area (Å²) >= 11 is 4.44. The molecule has 7 nitrogen and oxygen atoms in total. The summed E-state index contributed by atoms with van der Waals surface area (Å²) in [5.74, 6) is 0.581. The molecule has 10 heteroatoms. The number of hydrogen-bond acceptors (Lipinski definition) is 9. The van der Waals surface area contributed by atoms with E-state index in [1.807, 2.05) is 47.8 Å². The third-order valence-corrected chi connectivity index (χ3v) is 7.84. The number of hydrazone groups is 1. The van der Waals surface area contributed by atoms with Gasteiger partial charge in [-0.15, -0.1) is 22.7 Å². The second-order valence-corrected chi connectivity index (χ2v) is 10.0. The first-order chi connectivity index (χ1) is 16.2. The van der Waals surface area contributed by atoms with E-state index in [4.69, 9.17) is 0 Å². The second-order valence-electron chi connectivity index (χ2n) is 6.75. The highest BCUT2D eigenvalue weighted by atomic mass is 32.2. The molecular formula is C23H15N5O2S3. The smallest absolute Gasteiger partial charge is 0.261 e. The summed E-state index contributed by atoms with van der Waals surface area (Å²) in [6, 6.07) is 20.6. The van der Waals surface area contributed by atoms with Gasteiger partial charge in [-0.1, -0.05) is 60.3 Å². The minimum absolute atomic E-state index is 0.0731. The van der Waals surface area contributed by atoms with Crippen molar-refractivity contribution in [3.05, 3.63) is 93.4 Å². The Hall–Kier alpha value is -3.60. The number of para-hydroxylation sites is 1. The van der Waals surface area contributed by atoms with Crippen molar-refractivity contribution in [1.82, 2.24) is 9.97 Å². The van der Waals surface area contributed by atoms with Crippen LogP contribution in [0.25, 0.3) is 21.3 Å². The van der Waals surface area contributed by atoms with E-state index in [9.17, 15) is 10.1 Å². The van der Waals surface area contributed by atoms with Crippen LogP contribution in [0.4, 0.5) is 11.5 Å². The Morgan fingerprint density at radius 2 is 1.85 bits per heavy atom. The van der Waals surface area contributed by atoms with Gasteiger partial charge in [0.2, 0.25) is 0 Å². The molecule has 0 amide bonds. The zero-order chi connectivity index (χ0) is 22.6. The summed E-state index contributed by atoms with van der Waals surface area (Å²) in [5.41, 5.74) is 5.03. The first-order valence-electron chi connectivity index (χ1n) is 9.77. The van der Waals surface area contributed by atoms with Crippen molar-refractivity contribution >= 4 is 62.4 Å². The molecule has 0 atom stereocenters. The van der Waals surface area contributed by atoms with Crippen LogP contribution in [0.5, 0.6) is 0 Å². The minimum atomic E-state index is -0.357. The molecule has 162 valence electrons. The Kier molecular flexibility index (Phi) is 6.11. The van der Waals surface area contributed by atoms with Crippen LogP contribution >= 0.6 is 34.4 Å². The van der Waals surface area contributed by atoms with Crippen molar-refractivity contribution in [2.45, 2.75) is 9.10 Å². The third kappa shape index (κ3) is 4.49. The maximum absolute atomic E-state index is 11.6. The number of thiophene rings is 2. The SMILES string of the molecule is O=[N+]([O-])c1ccccc1Sc1sc2ncnc(N/N=C/c3cccs3)c2c1-c1ccccc1. The summed E-state index contributed by atoms with van der Waals surface area (Å²) in [6.07, 6.45) is 3.24. The normalized spacial score (nSPS) is 11.3. The van der Waals surface area contributed by atoms with Crippen molar-refractivity contribution in [3.8, 4) is 11.1 Å². The molecule has 1 N–H and O–H groups in total. The number of anilines is 1. The van der Waals surface area contributed by atoms with Crippen LogP contribution in [0.15, 0.2) is 92.6 Å². The molecule has 5 rings (SSSR count). The van der Waals surface area contributed by atoms with E-state index in [1.165, 1.54) is 35.5 Å². The second kappa shape index (κ2) is 9.49. The van der Waals surface area contributed by atoms with Gasteiger partial charge in [-0.3, -0.25) is 15.5 Å². The van der Waals surface area contributed by atoms with Gasteiger partial charge in [0, 0.05) is 16.5 Å². The lowest BCUT2D eigenvalue weighted by atomic mass is 10.1. The molecule has 33 heavy (non-hydrogen) atoms. The molecule has 0 aliphatic carbocycles. The van der Waals surface area contributed by atoms with Gasteiger partial charge < -0.3 is 0 Å². The average Bonchev–Trinajstić information content (AvgIpc) is 3.48.